The van der Waals surface area contributed by atoms with E-state index in [-0.39, 0.29) is 13.2 Å². The van der Waals surface area contributed by atoms with Crippen molar-refractivity contribution in [2.75, 3.05) is 13.2 Å². The molecule has 0 radical (unpaired) electrons. The van der Waals surface area contributed by atoms with E-state index in [1.807, 2.05) is 0 Å². The van der Waals surface area contributed by atoms with Crippen LogP contribution in [0, 0.1) is 0 Å². The van der Waals surface area contributed by atoms with Crippen molar-refractivity contribution in [3.8, 4) is 0 Å². The largest absolute Gasteiger partial charge is 0.724 e. The summed E-state index contributed by atoms with van der Waals surface area (Å²) in [4.78, 5) is 18.4. The second kappa shape index (κ2) is 11.4. The summed E-state index contributed by atoms with van der Waals surface area (Å²) < 4.78 is 4.46. The minimum absolute atomic E-state index is 0.0617. The fourth-order valence-corrected chi connectivity index (χ4v) is 0.211. The first-order valence-electron chi connectivity index (χ1n) is 2.70. The average Bonchev–Trinajstić information content (AvgIpc) is 2.02. The lowest BCUT2D eigenvalue weighted by molar-refractivity contribution is -0.140. The molecule has 0 heterocycles. The van der Waals surface area contributed by atoms with Gasteiger partial charge >= 0.3 is 5.97 Å². The van der Waals surface area contributed by atoms with Gasteiger partial charge in [0, 0.05) is 0 Å². The molecule has 0 amide bonds. The van der Waals surface area contributed by atoms with Crippen molar-refractivity contribution in [3.63, 3.8) is 0 Å². The van der Waals surface area contributed by atoms with Crippen LogP contribution in [0.2, 0.25) is 0 Å². The van der Waals surface area contributed by atoms with Crippen LogP contribution in [-0.4, -0.2) is 25.2 Å². The van der Waals surface area contributed by atoms with Crippen molar-refractivity contribution in [1.82, 2.24) is 0 Å². The first-order valence-corrected chi connectivity index (χ1v) is 2.70. The van der Waals surface area contributed by atoms with Crippen LogP contribution in [0.3, 0.4) is 0 Å². The molecular weight excluding hydrogens is 148 g/mol. The standard InChI is InChI=1S/C5H9NO2.CNO/c1-2-3-8-5(7)4-6;2-1-3/h2H,1,3-4,6H2;/q;-1. The first kappa shape index (κ1) is 12.2. The third kappa shape index (κ3) is 17.7. The summed E-state index contributed by atoms with van der Waals surface area (Å²) in [6, 6.07) is 0. The average molecular weight is 157 g/mol. The highest BCUT2D eigenvalue weighted by atomic mass is 16.5. The van der Waals surface area contributed by atoms with Crippen LogP contribution in [0.5, 0.6) is 0 Å². The predicted molar refractivity (Wildman–Crippen MR) is 39.3 cm³/mol. The molecule has 0 aromatic carbocycles. The molecule has 0 saturated heterocycles. The van der Waals surface area contributed by atoms with Crippen molar-refractivity contribution < 1.29 is 14.3 Å². The number of carbonyl (C=O) groups excluding carboxylic acids is 2. The van der Waals surface area contributed by atoms with E-state index in [0.717, 1.165) is 0 Å². The van der Waals surface area contributed by atoms with Gasteiger partial charge in [-0.05, 0) is 6.08 Å². The fourth-order valence-electron chi connectivity index (χ4n) is 0.211. The monoisotopic (exact) mass is 157 g/mol. The van der Waals surface area contributed by atoms with Crippen molar-refractivity contribution in [3.05, 3.63) is 18.1 Å². The Bertz CT molecular complexity index is 150. The molecule has 0 aromatic heterocycles. The number of hydrogen-bond acceptors (Lipinski definition) is 4. The van der Waals surface area contributed by atoms with Crippen molar-refractivity contribution in [2.24, 2.45) is 5.73 Å². The van der Waals surface area contributed by atoms with E-state index in [0.29, 0.717) is 6.08 Å². The van der Waals surface area contributed by atoms with Crippen LogP contribution in [0.4, 0.5) is 0 Å². The molecule has 0 aromatic rings. The topological polar surface area (TPSA) is 91.7 Å². The fraction of sp³-hybridized carbons (Fsp3) is 0.333. The zero-order valence-electron chi connectivity index (χ0n) is 5.95. The summed E-state index contributed by atoms with van der Waals surface area (Å²) >= 11 is 0. The van der Waals surface area contributed by atoms with Gasteiger partial charge < -0.3 is 15.9 Å². The molecule has 0 rings (SSSR count). The molecule has 0 aliphatic carbocycles. The summed E-state index contributed by atoms with van der Waals surface area (Å²) in [7, 11) is 0. The minimum Gasteiger partial charge on any atom is -0.724 e. The molecular formula is C6H9N2O3-. The number of esters is 1. The quantitative estimate of drug-likeness (QED) is 0.260. The van der Waals surface area contributed by atoms with Gasteiger partial charge in [0.25, 0.3) is 0 Å². The lowest BCUT2D eigenvalue weighted by Crippen LogP contribution is -2.16. The highest BCUT2D eigenvalue weighted by molar-refractivity contribution is 5.71. The van der Waals surface area contributed by atoms with Gasteiger partial charge in [-0.1, -0.05) is 12.7 Å². The van der Waals surface area contributed by atoms with E-state index in [1.165, 1.54) is 6.08 Å². The van der Waals surface area contributed by atoms with Gasteiger partial charge in [-0.2, -0.15) is 0 Å². The molecule has 0 bridgehead atoms. The van der Waals surface area contributed by atoms with Gasteiger partial charge in [0.2, 0.25) is 0 Å². The number of nitrogens with two attached hydrogens (primary N) is 1. The van der Waals surface area contributed by atoms with E-state index in [4.69, 9.17) is 15.9 Å². The van der Waals surface area contributed by atoms with E-state index < -0.39 is 5.97 Å². The lowest BCUT2D eigenvalue weighted by atomic mass is 10.6. The number of carbonyl (C=O) groups is 1. The zero-order valence-corrected chi connectivity index (χ0v) is 5.95. The number of isocyanates is 1. The third-order valence-corrected chi connectivity index (χ3v) is 0.529. The number of hydrogen-bond donors (Lipinski definition) is 1. The van der Waals surface area contributed by atoms with E-state index in [1.54, 1.807) is 0 Å². The normalized spacial score (nSPS) is 6.64. The zero-order chi connectivity index (χ0) is 9.11. The molecule has 0 aliphatic heterocycles. The van der Waals surface area contributed by atoms with Gasteiger partial charge in [0.1, 0.15) is 6.61 Å². The van der Waals surface area contributed by atoms with Crippen LogP contribution < -0.4 is 5.73 Å². The SMILES string of the molecule is C=CCOC(=O)CN.[N-]=C=O. The molecule has 0 spiro atoms. The van der Waals surface area contributed by atoms with Gasteiger partial charge in [-0.3, -0.25) is 9.59 Å². The van der Waals surface area contributed by atoms with Crippen LogP contribution >= 0.6 is 0 Å². The van der Waals surface area contributed by atoms with E-state index >= 15 is 0 Å². The second-order valence-corrected chi connectivity index (χ2v) is 1.27. The second-order valence-electron chi connectivity index (χ2n) is 1.27. The molecule has 5 heteroatoms. The Morgan fingerprint density at radius 2 is 2.27 bits per heavy atom. The molecule has 0 aliphatic rings. The maximum absolute atomic E-state index is 10.2. The predicted octanol–water partition coefficient (Wildman–Crippen LogP) is -0.434. The summed E-state index contributed by atoms with van der Waals surface area (Å²) in [5.41, 5.74) is 4.90. The lowest BCUT2D eigenvalue weighted by Gasteiger charge is -1.94. The highest BCUT2D eigenvalue weighted by Gasteiger charge is 1.92. The molecule has 0 fully saturated rings. The Balaban J connectivity index is 0. The molecule has 2 N–H and O–H groups in total. The summed E-state index contributed by atoms with van der Waals surface area (Å²) in [6.45, 7) is 3.53. The Hall–Kier alpha value is -1.45. The number of nitrogens with zero attached hydrogens (tertiary/aromatic N) is 1. The van der Waals surface area contributed by atoms with Crippen molar-refractivity contribution >= 4 is 12.0 Å². The van der Waals surface area contributed by atoms with Gasteiger partial charge in [-0.25, -0.2) is 0 Å². The smallest absolute Gasteiger partial charge is 0.320 e. The molecule has 5 nitrogen and oxygen atoms in total. The summed E-state index contributed by atoms with van der Waals surface area (Å²) in [5.74, 6) is -0.398. The van der Waals surface area contributed by atoms with Crippen molar-refractivity contribution in [2.45, 2.75) is 0 Å². The van der Waals surface area contributed by atoms with E-state index in [2.05, 4.69) is 11.3 Å². The Kier molecular flexibility index (Phi) is 12.6. The summed E-state index contributed by atoms with van der Waals surface area (Å²) in [6.07, 6.45) is 1.99. The van der Waals surface area contributed by atoms with Crippen LogP contribution in [0.15, 0.2) is 12.7 Å². The Labute approximate surface area is 64.3 Å². The Morgan fingerprint density at radius 1 is 1.82 bits per heavy atom. The van der Waals surface area contributed by atoms with Gasteiger partial charge in [0.15, 0.2) is 0 Å². The first-order chi connectivity index (χ1) is 5.22. The minimum atomic E-state index is -0.398. The molecule has 11 heavy (non-hydrogen) atoms. The number of ether oxygens (including phenoxy) is 1. The third-order valence-electron chi connectivity index (χ3n) is 0.529. The molecule has 0 unspecified atom stereocenters. The van der Waals surface area contributed by atoms with Gasteiger partial charge in [-0.15, -0.1) is 0 Å². The molecule has 0 saturated carbocycles. The van der Waals surface area contributed by atoms with Crippen LogP contribution in [0.25, 0.3) is 5.41 Å². The maximum atomic E-state index is 10.2. The van der Waals surface area contributed by atoms with Gasteiger partial charge in [0.05, 0.1) is 6.54 Å². The van der Waals surface area contributed by atoms with Crippen LogP contribution in [-0.2, 0) is 14.3 Å². The number of rotatable bonds is 3. The highest BCUT2D eigenvalue weighted by Crippen LogP contribution is 1.73. The Morgan fingerprint density at radius 3 is 2.55 bits per heavy atom. The van der Waals surface area contributed by atoms with Crippen molar-refractivity contribution in [1.29, 1.82) is 0 Å². The molecule has 0 atom stereocenters. The summed E-state index contributed by atoms with van der Waals surface area (Å²) in [5, 5.41) is 6.76. The van der Waals surface area contributed by atoms with Crippen LogP contribution in [0.1, 0.15) is 0 Å². The van der Waals surface area contributed by atoms with E-state index in [9.17, 15) is 4.79 Å². The maximum Gasteiger partial charge on any atom is 0.320 e. The molecule has 62 valence electrons.